The highest BCUT2D eigenvalue weighted by Crippen LogP contribution is 2.49. The number of rotatable bonds is 4. The van der Waals surface area contributed by atoms with Crippen molar-refractivity contribution in [3.63, 3.8) is 0 Å². The van der Waals surface area contributed by atoms with Crippen molar-refractivity contribution in [2.24, 2.45) is 0 Å². The monoisotopic (exact) mass is 229 g/mol. The molecule has 1 aromatic carbocycles. The van der Waals surface area contributed by atoms with Crippen molar-refractivity contribution in [3.8, 4) is 0 Å². The zero-order chi connectivity index (χ0) is 11.5. The fourth-order valence-electron chi connectivity index (χ4n) is 1.34. The molecule has 4 nitrogen and oxygen atoms in total. The predicted octanol–water partition coefficient (Wildman–Crippen LogP) is 1.86. The summed E-state index contributed by atoms with van der Waals surface area (Å²) in [6.07, 6.45) is 0. The van der Waals surface area contributed by atoms with Crippen LogP contribution < -0.4 is 5.32 Å². The van der Waals surface area contributed by atoms with Gasteiger partial charge in [0.2, 0.25) is 0 Å². The summed E-state index contributed by atoms with van der Waals surface area (Å²) < 4.78 is 11.3. The Hall–Kier alpha value is -0.670. The Morgan fingerprint density at radius 3 is 2.13 bits per heavy atom. The second-order valence-corrected chi connectivity index (χ2v) is 5.42. The van der Waals surface area contributed by atoms with E-state index in [2.05, 4.69) is 5.32 Å². The van der Waals surface area contributed by atoms with Crippen LogP contribution >= 0.6 is 7.60 Å². The highest BCUT2D eigenvalue weighted by molar-refractivity contribution is 7.52. The summed E-state index contributed by atoms with van der Waals surface area (Å²) in [5.41, 5.74) is 0.611. The summed E-state index contributed by atoms with van der Waals surface area (Å²) in [5.74, 6) is -0.918. The van der Waals surface area contributed by atoms with Crippen LogP contribution in [0, 0.1) is 0 Å². The Morgan fingerprint density at radius 2 is 1.73 bits per heavy atom. The Bertz CT molecular complexity index is 347. The second kappa shape index (κ2) is 4.90. The van der Waals surface area contributed by atoms with Gasteiger partial charge in [-0.3, -0.25) is 9.88 Å². The van der Waals surface area contributed by atoms with Crippen LogP contribution in [0.3, 0.4) is 0 Å². The fraction of sp³-hybridized carbons (Fsp3) is 0.400. The maximum absolute atomic E-state index is 11.3. The van der Waals surface area contributed by atoms with Gasteiger partial charge in [-0.1, -0.05) is 30.3 Å². The summed E-state index contributed by atoms with van der Waals surface area (Å²) in [5, 5.41) is 2.87. The van der Waals surface area contributed by atoms with Gasteiger partial charge in [0.1, 0.15) is 5.78 Å². The van der Waals surface area contributed by atoms with Crippen LogP contribution in [0.1, 0.15) is 25.2 Å². The minimum absolute atomic E-state index is 0.0165. The molecule has 1 unspecified atom stereocenters. The van der Waals surface area contributed by atoms with Gasteiger partial charge in [-0.15, -0.1) is 0 Å². The van der Waals surface area contributed by atoms with E-state index in [1.54, 1.807) is 24.3 Å². The average molecular weight is 229 g/mol. The first-order chi connectivity index (χ1) is 6.91. The molecule has 84 valence electrons. The molecule has 5 heteroatoms. The first-order valence-electron chi connectivity index (χ1n) is 4.77. The molecule has 0 fully saturated rings. The van der Waals surface area contributed by atoms with E-state index in [1.165, 1.54) is 0 Å². The fourth-order valence-corrected chi connectivity index (χ4v) is 2.39. The van der Waals surface area contributed by atoms with Gasteiger partial charge in [0, 0.05) is 6.04 Å². The third-order valence-electron chi connectivity index (χ3n) is 1.94. The highest BCUT2D eigenvalue weighted by atomic mass is 31.2. The molecule has 0 spiro atoms. The molecule has 15 heavy (non-hydrogen) atoms. The van der Waals surface area contributed by atoms with E-state index in [0.717, 1.165) is 0 Å². The summed E-state index contributed by atoms with van der Waals surface area (Å²) in [6, 6.07) is 8.77. The molecule has 0 amide bonds. The van der Waals surface area contributed by atoms with Crippen molar-refractivity contribution < 1.29 is 14.4 Å². The Labute approximate surface area is 89.5 Å². The van der Waals surface area contributed by atoms with E-state index < -0.39 is 13.4 Å². The van der Waals surface area contributed by atoms with E-state index in [1.807, 2.05) is 19.9 Å². The molecule has 0 bridgehead atoms. The van der Waals surface area contributed by atoms with Gasteiger partial charge in [-0.2, -0.15) is 0 Å². The quantitative estimate of drug-likeness (QED) is 0.689. The van der Waals surface area contributed by atoms with Gasteiger partial charge in [0.15, 0.2) is 0 Å². The zero-order valence-corrected chi connectivity index (χ0v) is 9.69. The zero-order valence-electron chi connectivity index (χ0n) is 8.79. The molecular weight excluding hydrogens is 213 g/mol. The number of benzene rings is 1. The molecule has 0 radical (unpaired) electrons. The average Bonchev–Trinajstić information content (AvgIpc) is 2.14. The number of hydrogen-bond donors (Lipinski definition) is 3. The Morgan fingerprint density at radius 1 is 1.20 bits per heavy atom. The minimum atomic E-state index is -4.16. The third kappa shape index (κ3) is 3.76. The molecular formula is C10H16NO3P. The van der Waals surface area contributed by atoms with Crippen LogP contribution in [0.2, 0.25) is 0 Å². The minimum Gasteiger partial charge on any atom is -0.323 e. The predicted molar refractivity (Wildman–Crippen MR) is 59.5 cm³/mol. The molecule has 0 saturated carbocycles. The van der Waals surface area contributed by atoms with Gasteiger partial charge in [-0.05, 0) is 19.4 Å². The molecule has 1 aromatic rings. The topological polar surface area (TPSA) is 69.6 Å². The summed E-state index contributed by atoms with van der Waals surface area (Å²) in [6.45, 7) is 3.71. The normalized spacial score (nSPS) is 14.2. The lowest BCUT2D eigenvalue weighted by atomic mass is 10.2. The first kappa shape index (κ1) is 12.4. The summed E-state index contributed by atoms with van der Waals surface area (Å²) in [7, 11) is -4.16. The molecule has 0 aliphatic heterocycles. The highest BCUT2D eigenvalue weighted by Gasteiger charge is 2.30. The maximum atomic E-state index is 11.3. The standard InChI is InChI=1S/C10H16NO3P/c1-8(2)11-10(15(12,13)14)9-6-4-3-5-7-9/h3-8,10-11H,1-2H3,(H2,12,13,14). The Balaban J connectivity index is 2.97. The number of hydrogen-bond acceptors (Lipinski definition) is 2. The van der Waals surface area contributed by atoms with E-state index in [-0.39, 0.29) is 6.04 Å². The first-order valence-corrected chi connectivity index (χ1v) is 6.45. The molecule has 0 saturated heterocycles. The number of nitrogens with one attached hydrogen (secondary N) is 1. The molecule has 0 aliphatic rings. The van der Waals surface area contributed by atoms with E-state index >= 15 is 0 Å². The largest absolute Gasteiger partial charge is 0.346 e. The Kier molecular flexibility index (Phi) is 4.05. The van der Waals surface area contributed by atoms with Crippen molar-refractivity contribution in [2.75, 3.05) is 0 Å². The molecule has 0 aromatic heterocycles. The van der Waals surface area contributed by atoms with Crippen LogP contribution in [-0.2, 0) is 4.57 Å². The van der Waals surface area contributed by atoms with Crippen LogP contribution in [-0.4, -0.2) is 15.8 Å². The van der Waals surface area contributed by atoms with Gasteiger partial charge in [0.05, 0.1) is 0 Å². The molecule has 1 rings (SSSR count). The second-order valence-electron chi connectivity index (χ2n) is 3.72. The lowest BCUT2D eigenvalue weighted by molar-refractivity contribution is 0.342. The van der Waals surface area contributed by atoms with Crippen molar-refractivity contribution in [1.82, 2.24) is 5.32 Å². The molecule has 3 N–H and O–H groups in total. The summed E-state index contributed by atoms with van der Waals surface area (Å²) >= 11 is 0. The van der Waals surface area contributed by atoms with Crippen LogP contribution in [0.4, 0.5) is 0 Å². The van der Waals surface area contributed by atoms with Crippen LogP contribution in [0.5, 0.6) is 0 Å². The maximum Gasteiger partial charge on any atom is 0.346 e. The van der Waals surface area contributed by atoms with Crippen LogP contribution in [0.15, 0.2) is 30.3 Å². The molecule has 0 heterocycles. The lowest BCUT2D eigenvalue weighted by Gasteiger charge is -2.22. The van der Waals surface area contributed by atoms with Crippen molar-refractivity contribution >= 4 is 7.60 Å². The smallest absolute Gasteiger partial charge is 0.323 e. The van der Waals surface area contributed by atoms with Crippen molar-refractivity contribution in [2.45, 2.75) is 25.7 Å². The molecule has 1 atom stereocenters. The van der Waals surface area contributed by atoms with Gasteiger partial charge >= 0.3 is 7.60 Å². The van der Waals surface area contributed by atoms with Gasteiger partial charge < -0.3 is 9.79 Å². The third-order valence-corrected chi connectivity index (χ3v) is 3.06. The lowest BCUT2D eigenvalue weighted by Crippen LogP contribution is -2.28. The van der Waals surface area contributed by atoms with Crippen LogP contribution in [0.25, 0.3) is 0 Å². The van der Waals surface area contributed by atoms with E-state index in [9.17, 15) is 14.4 Å². The van der Waals surface area contributed by atoms with Gasteiger partial charge in [0.25, 0.3) is 0 Å². The van der Waals surface area contributed by atoms with Gasteiger partial charge in [-0.25, -0.2) is 0 Å². The van der Waals surface area contributed by atoms with Crippen molar-refractivity contribution in [1.29, 1.82) is 0 Å². The SMILES string of the molecule is CC(C)NC(c1ccccc1)P(=O)(O)O. The molecule has 0 aliphatic carbocycles. The van der Waals surface area contributed by atoms with E-state index in [4.69, 9.17) is 0 Å². The van der Waals surface area contributed by atoms with Crippen molar-refractivity contribution in [3.05, 3.63) is 35.9 Å². The summed E-state index contributed by atoms with van der Waals surface area (Å²) in [4.78, 5) is 18.5. The van der Waals surface area contributed by atoms with E-state index in [0.29, 0.717) is 5.56 Å².